The summed E-state index contributed by atoms with van der Waals surface area (Å²) in [6.45, 7) is 3.26. The van der Waals surface area contributed by atoms with Crippen LogP contribution in [-0.2, 0) is 14.3 Å². The second-order valence-electron chi connectivity index (χ2n) is 8.12. The zero-order valence-corrected chi connectivity index (χ0v) is 19.5. The van der Waals surface area contributed by atoms with E-state index in [4.69, 9.17) is 9.47 Å². The number of anilines is 1. The number of carbonyl (C=O) groups is 4. The quantitative estimate of drug-likeness (QED) is 0.413. The highest BCUT2D eigenvalue weighted by molar-refractivity contribution is 6.22. The summed E-state index contributed by atoms with van der Waals surface area (Å²) in [4.78, 5) is 52.8. The Morgan fingerprint density at radius 3 is 2.09 bits per heavy atom. The molecule has 35 heavy (non-hydrogen) atoms. The van der Waals surface area contributed by atoms with Gasteiger partial charge < -0.3 is 14.8 Å². The van der Waals surface area contributed by atoms with Gasteiger partial charge in [0.1, 0.15) is 11.8 Å². The summed E-state index contributed by atoms with van der Waals surface area (Å²) in [5.41, 5.74) is 2.19. The van der Waals surface area contributed by atoms with E-state index in [9.17, 15) is 19.2 Å². The first kappa shape index (κ1) is 23.7. The molecule has 3 amide bonds. The topological polar surface area (TPSA) is 102 Å². The summed E-state index contributed by atoms with van der Waals surface area (Å²) in [6.07, 6.45) is -1.33. The molecule has 1 heterocycles. The average Bonchev–Trinajstić information content (AvgIpc) is 3.12. The van der Waals surface area contributed by atoms with Gasteiger partial charge >= 0.3 is 5.97 Å². The normalized spacial score (nSPS) is 14.2. The Morgan fingerprint density at radius 2 is 1.49 bits per heavy atom. The maximum Gasteiger partial charge on any atom is 0.330 e. The number of ether oxygens (including phenoxy) is 2. The molecule has 0 spiro atoms. The van der Waals surface area contributed by atoms with Crippen LogP contribution >= 0.6 is 0 Å². The van der Waals surface area contributed by atoms with E-state index in [2.05, 4.69) is 5.32 Å². The highest BCUT2D eigenvalue weighted by Gasteiger charge is 2.42. The molecule has 4 rings (SSSR count). The van der Waals surface area contributed by atoms with Gasteiger partial charge in [-0.2, -0.15) is 0 Å². The highest BCUT2D eigenvalue weighted by atomic mass is 16.6. The van der Waals surface area contributed by atoms with Gasteiger partial charge in [-0.1, -0.05) is 48.5 Å². The van der Waals surface area contributed by atoms with E-state index >= 15 is 0 Å². The van der Waals surface area contributed by atoms with Crippen molar-refractivity contribution in [3.05, 3.63) is 95.1 Å². The number of amides is 3. The van der Waals surface area contributed by atoms with E-state index in [1.165, 1.54) is 26.2 Å². The lowest BCUT2D eigenvalue weighted by Crippen LogP contribution is -2.44. The van der Waals surface area contributed by atoms with Crippen LogP contribution in [0.15, 0.2) is 72.8 Å². The van der Waals surface area contributed by atoms with Crippen molar-refractivity contribution in [1.29, 1.82) is 0 Å². The molecule has 1 N–H and O–H groups in total. The summed E-state index contributed by atoms with van der Waals surface area (Å²) in [5, 5.41) is 2.76. The molecule has 1 aliphatic rings. The Labute approximate surface area is 202 Å². The minimum absolute atomic E-state index is 0.223. The van der Waals surface area contributed by atoms with Crippen molar-refractivity contribution in [2.75, 3.05) is 12.4 Å². The maximum absolute atomic E-state index is 13.3. The van der Waals surface area contributed by atoms with Crippen LogP contribution in [0, 0.1) is 6.92 Å². The molecular weight excluding hydrogens is 448 g/mol. The summed E-state index contributed by atoms with van der Waals surface area (Å²) in [7, 11) is 1.48. The van der Waals surface area contributed by atoms with E-state index in [1.54, 1.807) is 54.6 Å². The van der Waals surface area contributed by atoms with Crippen LogP contribution in [0.2, 0.25) is 0 Å². The largest absolute Gasteiger partial charge is 0.495 e. The van der Waals surface area contributed by atoms with Crippen molar-refractivity contribution < 1.29 is 28.7 Å². The predicted octanol–water partition coefficient (Wildman–Crippen LogP) is 3.91. The maximum atomic E-state index is 13.3. The molecule has 1 aliphatic heterocycles. The number of imide groups is 1. The molecule has 0 aliphatic carbocycles. The van der Waals surface area contributed by atoms with E-state index in [1.807, 2.05) is 13.0 Å². The van der Waals surface area contributed by atoms with Crippen LogP contribution in [0.3, 0.4) is 0 Å². The van der Waals surface area contributed by atoms with Gasteiger partial charge in [0.05, 0.1) is 23.9 Å². The van der Waals surface area contributed by atoms with Crippen molar-refractivity contribution in [2.24, 2.45) is 0 Å². The Morgan fingerprint density at radius 1 is 0.886 bits per heavy atom. The molecule has 0 saturated carbocycles. The molecule has 3 aromatic carbocycles. The van der Waals surface area contributed by atoms with Crippen molar-refractivity contribution in [3.63, 3.8) is 0 Å². The van der Waals surface area contributed by atoms with Gasteiger partial charge in [-0.25, -0.2) is 4.79 Å². The van der Waals surface area contributed by atoms with Crippen molar-refractivity contribution in [3.8, 4) is 5.75 Å². The molecule has 0 bridgehead atoms. The van der Waals surface area contributed by atoms with Crippen LogP contribution in [0.1, 0.15) is 44.9 Å². The molecule has 178 valence electrons. The zero-order valence-electron chi connectivity index (χ0n) is 19.5. The fraction of sp³-hybridized carbons (Fsp3) is 0.185. The van der Waals surface area contributed by atoms with Crippen LogP contribution in [0.4, 0.5) is 5.69 Å². The van der Waals surface area contributed by atoms with E-state index in [0.717, 1.165) is 10.5 Å². The Bertz CT molecular complexity index is 1270. The van der Waals surface area contributed by atoms with Crippen molar-refractivity contribution in [2.45, 2.75) is 26.0 Å². The van der Waals surface area contributed by atoms with E-state index in [0.29, 0.717) is 17.0 Å². The Balaban J connectivity index is 1.58. The number of aryl methyl sites for hydroxylation is 1. The molecule has 2 atom stereocenters. The number of nitrogens with zero attached hydrogens (tertiary/aromatic N) is 1. The number of rotatable bonds is 7. The molecule has 3 aromatic rings. The standard InChI is InChI=1S/C27H24N2O6/c1-16-13-14-22(34-3)21(15-16)28-24(30)23(18-9-5-4-6-10-18)35-27(33)17(2)29-25(31)19-11-7-8-12-20(19)26(29)32/h4-15,17,23H,1-3H3,(H,28,30). The van der Waals surface area contributed by atoms with Gasteiger partial charge in [0.2, 0.25) is 6.10 Å². The molecule has 2 unspecified atom stereocenters. The predicted molar refractivity (Wildman–Crippen MR) is 128 cm³/mol. The van der Waals surface area contributed by atoms with Gasteiger partial charge in [-0.05, 0) is 43.7 Å². The Kier molecular flexibility index (Phi) is 6.64. The third kappa shape index (κ3) is 4.63. The summed E-state index contributed by atoms with van der Waals surface area (Å²) in [5.74, 6) is -2.22. The number of hydrogen-bond donors (Lipinski definition) is 1. The molecule has 8 heteroatoms. The third-order valence-electron chi connectivity index (χ3n) is 5.74. The first-order valence-electron chi connectivity index (χ1n) is 11.0. The lowest BCUT2D eigenvalue weighted by molar-refractivity contribution is -0.158. The first-order valence-corrected chi connectivity index (χ1v) is 11.0. The fourth-order valence-corrected chi connectivity index (χ4v) is 3.90. The second kappa shape index (κ2) is 9.80. The molecule has 8 nitrogen and oxygen atoms in total. The molecule has 0 fully saturated rings. The van der Waals surface area contributed by atoms with Crippen molar-refractivity contribution in [1.82, 2.24) is 4.90 Å². The highest BCUT2D eigenvalue weighted by Crippen LogP contribution is 2.29. The van der Waals surface area contributed by atoms with Crippen LogP contribution in [0.25, 0.3) is 0 Å². The lowest BCUT2D eigenvalue weighted by Gasteiger charge is -2.24. The first-order chi connectivity index (χ1) is 16.8. The summed E-state index contributed by atoms with van der Waals surface area (Å²) in [6, 6.07) is 18.9. The molecule has 0 saturated heterocycles. The number of methoxy groups -OCH3 is 1. The smallest absolute Gasteiger partial charge is 0.330 e. The Hall–Kier alpha value is -4.46. The minimum Gasteiger partial charge on any atom is -0.495 e. The second-order valence-corrected chi connectivity index (χ2v) is 8.12. The lowest BCUT2D eigenvalue weighted by atomic mass is 10.1. The number of fused-ring (bicyclic) bond motifs is 1. The number of esters is 1. The average molecular weight is 472 g/mol. The van der Waals surface area contributed by atoms with Crippen LogP contribution in [0.5, 0.6) is 5.75 Å². The fourth-order valence-electron chi connectivity index (χ4n) is 3.90. The third-order valence-corrected chi connectivity index (χ3v) is 5.74. The van der Waals surface area contributed by atoms with E-state index < -0.39 is 35.8 Å². The zero-order chi connectivity index (χ0) is 25.1. The monoisotopic (exact) mass is 472 g/mol. The molecule has 0 radical (unpaired) electrons. The minimum atomic E-state index is -1.33. The number of carbonyl (C=O) groups excluding carboxylic acids is 4. The van der Waals surface area contributed by atoms with Crippen LogP contribution in [-0.4, -0.2) is 41.7 Å². The van der Waals surface area contributed by atoms with Gasteiger partial charge in [-0.3, -0.25) is 19.3 Å². The van der Waals surface area contributed by atoms with E-state index in [-0.39, 0.29) is 11.1 Å². The van der Waals surface area contributed by atoms with Gasteiger partial charge in [0.15, 0.2) is 0 Å². The number of benzene rings is 3. The van der Waals surface area contributed by atoms with Gasteiger partial charge in [0, 0.05) is 5.56 Å². The van der Waals surface area contributed by atoms with Crippen LogP contribution < -0.4 is 10.1 Å². The SMILES string of the molecule is COc1ccc(C)cc1NC(=O)C(OC(=O)C(C)N1C(=O)c2ccccc2C1=O)c1ccccc1. The number of hydrogen-bond acceptors (Lipinski definition) is 6. The molecular formula is C27H24N2O6. The van der Waals surface area contributed by atoms with Gasteiger partial charge in [-0.15, -0.1) is 0 Å². The van der Waals surface area contributed by atoms with Crippen molar-refractivity contribution >= 4 is 29.4 Å². The molecule has 0 aromatic heterocycles. The summed E-state index contributed by atoms with van der Waals surface area (Å²) < 4.78 is 10.9. The number of nitrogens with one attached hydrogen (secondary N) is 1. The van der Waals surface area contributed by atoms with Gasteiger partial charge in [0.25, 0.3) is 17.7 Å². The summed E-state index contributed by atoms with van der Waals surface area (Å²) >= 11 is 0.